The summed E-state index contributed by atoms with van der Waals surface area (Å²) in [7, 11) is 2.00. The molecule has 0 bridgehead atoms. The van der Waals surface area contributed by atoms with E-state index in [1.165, 1.54) is 57.4 Å². The number of aromatic nitrogens is 1. The molecular formula is C30H40FN2O2S+. The van der Waals surface area contributed by atoms with E-state index in [1.54, 1.807) is 23.5 Å². The maximum absolute atomic E-state index is 14.5. The summed E-state index contributed by atoms with van der Waals surface area (Å²) in [5, 5.41) is 6.09. The SMILES string of the molecule is CCCCCCCCCCCCOc1c(F)cccc1CC(=O)Nc1cccc(-c2scc[n+]2C)c1. The van der Waals surface area contributed by atoms with Crippen molar-refractivity contribution in [3.63, 3.8) is 0 Å². The highest BCUT2D eigenvalue weighted by molar-refractivity contribution is 7.12. The van der Waals surface area contributed by atoms with Crippen LogP contribution in [0.5, 0.6) is 5.75 Å². The second-order valence-corrected chi connectivity index (χ2v) is 10.3. The molecule has 1 amide bonds. The van der Waals surface area contributed by atoms with E-state index in [0.29, 0.717) is 12.2 Å². The molecule has 0 atom stereocenters. The van der Waals surface area contributed by atoms with Gasteiger partial charge in [-0.1, -0.05) is 94.2 Å². The van der Waals surface area contributed by atoms with E-state index in [0.717, 1.165) is 29.1 Å². The quantitative estimate of drug-likeness (QED) is 0.157. The number of carbonyl (C=O) groups is 1. The molecule has 2 aromatic carbocycles. The first-order chi connectivity index (χ1) is 17.6. The van der Waals surface area contributed by atoms with Gasteiger partial charge in [0.25, 0.3) is 5.01 Å². The normalized spacial score (nSPS) is 11.0. The molecule has 6 heteroatoms. The molecule has 4 nitrogen and oxygen atoms in total. The summed E-state index contributed by atoms with van der Waals surface area (Å²) in [5.41, 5.74) is 2.33. The molecule has 1 heterocycles. The first kappa shape index (κ1) is 27.9. The van der Waals surface area contributed by atoms with Crippen molar-refractivity contribution in [3.05, 3.63) is 65.4 Å². The van der Waals surface area contributed by atoms with Gasteiger partial charge in [-0.2, -0.15) is 4.57 Å². The van der Waals surface area contributed by atoms with Gasteiger partial charge in [0, 0.05) is 11.3 Å². The van der Waals surface area contributed by atoms with Crippen LogP contribution in [-0.2, 0) is 18.3 Å². The van der Waals surface area contributed by atoms with Crippen molar-refractivity contribution in [3.8, 4) is 16.3 Å². The van der Waals surface area contributed by atoms with Crippen molar-refractivity contribution in [2.24, 2.45) is 7.05 Å². The summed E-state index contributed by atoms with van der Waals surface area (Å²) in [5.74, 6) is -0.417. The second-order valence-electron chi connectivity index (χ2n) is 9.38. The Kier molecular flexibility index (Phi) is 11.9. The number of anilines is 1. The highest BCUT2D eigenvalue weighted by Crippen LogP contribution is 2.26. The summed E-state index contributed by atoms with van der Waals surface area (Å²) >= 11 is 1.65. The van der Waals surface area contributed by atoms with Crippen LogP contribution in [0.15, 0.2) is 54.0 Å². The Morgan fingerprint density at radius 2 is 1.67 bits per heavy atom. The van der Waals surface area contributed by atoms with Crippen LogP contribution < -0.4 is 14.6 Å². The molecular weight excluding hydrogens is 471 g/mol. The van der Waals surface area contributed by atoms with Crippen molar-refractivity contribution in [1.82, 2.24) is 0 Å². The molecule has 0 saturated carbocycles. The van der Waals surface area contributed by atoms with E-state index in [1.807, 2.05) is 42.9 Å². The van der Waals surface area contributed by atoms with Crippen LogP contribution in [0.4, 0.5) is 10.1 Å². The van der Waals surface area contributed by atoms with Crippen LogP contribution in [0, 0.1) is 5.82 Å². The second kappa shape index (κ2) is 15.4. The minimum atomic E-state index is -0.417. The van der Waals surface area contributed by atoms with Gasteiger partial charge in [-0.25, -0.2) is 4.39 Å². The minimum Gasteiger partial charge on any atom is -0.490 e. The number of halogens is 1. The fraction of sp³-hybridized carbons (Fsp3) is 0.467. The third-order valence-corrected chi connectivity index (χ3v) is 7.33. The fourth-order valence-corrected chi connectivity index (χ4v) is 5.20. The smallest absolute Gasteiger partial charge is 0.268 e. The maximum atomic E-state index is 14.5. The lowest BCUT2D eigenvalue weighted by atomic mass is 10.1. The zero-order valence-corrected chi connectivity index (χ0v) is 22.5. The number of nitrogens with one attached hydrogen (secondary N) is 1. The molecule has 0 spiro atoms. The van der Waals surface area contributed by atoms with Crippen LogP contribution in [0.25, 0.3) is 10.6 Å². The largest absolute Gasteiger partial charge is 0.490 e. The molecule has 0 unspecified atom stereocenters. The van der Waals surface area contributed by atoms with Gasteiger partial charge < -0.3 is 10.1 Å². The summed E-state index contributed by atoms with van der Waals surface area (Å²) in [4.78, 5) is 12.8. The summed E-state index contributed by atoms with van der Waals surface area (Å²) < 4.78 is 22.4. The molecule has 3 aromatic rings. The Bertz CT molecular complexity index is 1080. The van der Waals surface area contributed by atoms with Crippen LogP contribution in [0.3, 0.4) is 0 Å². The molecule has 194 valence electrons. The number of unbranched alkanes of at least 4 members (excludes halogenated alkanes) is 9. The number of rotatable bonds is 16. The zero-order valence-electron chi connectivity index (χ0n) is 21.7. The average Bonchev–Trinajstić information content (AvgIpc) is 3.30. The Balaban J connectivity index is 1.45. The predicted octanol–water partition coefficient (Wildman–Crippen LogP) is 7.86. The number of nitrogens with zero attached hydrogens (tertiary/aromatic N) is 1. The molecule has 36 heavy (non-hydrogen) atoms. The molecule has 0 aliphatic rings. The molecule has 0 aliphatic carbocycles. The fourth-order valence-electron chi connectivity index (χ4n) is 4.33. The Hall–Kier alpha value is -2.73. The molecule has 0 fully saturated rings. The zero-order chi connectivity index (χ0) is 25.6. The lowest BCUT2D eigenvalue weighted by molar-refractivity contribution is -0.655. The van der Waals surface area contributed by atoms with E-state index in [4.69, 9.17) is 4.74 Å². The van der Waals surface area contributed by atoms with Gasteiger partial charge in [0.1, 0.15) is 7.05 Å². The van der Waals surface area contributed by atoms with Gasteiger partial charge in [-0.3, -0.25) is 4.79 Å². The molecule has 1 aromatic heterocycles. The van der Waals surface area contributed by atoms with Gasteiger partial charge in [-0.05, 0) is 30.7 Å². The van der Waals surface area contributed by atoms with Crippen LogP contribution in [0.2, 0.25) is 0 Å². The van der Waals surface area contributed by atoms with Gasteiger partial charge in [0.15, 0.2) is 17.8 Å². The third-order valence-electron chi connectivity index (χ3n) is 6.32. The molecule has 0 aliphatic heterocycles. The number of benzene rings is 2. The Morgan fingerprint density at radius 1 is 0.972 bits per heavy atom. The molecule has 0 saturated heterocycles. The molecule has 1 N–H and O–H groups in total. The minimum absolute atomic E-state index is 0.0577. The van der Waals surface area contributed by atoms with Crippen molar-refractivity contribution in [2.75, 3.05) is 11.9 Å². The van der Waals surface area contributed by atoms with Gasteiger partial charge in [-0.15, -0.1) is 0 Å². The number of hydrogen-bond acceptors (Lipinski definition) is 3. The number of para-hydroxylation sites is 1. The summed E-state index contributed by atoms with van der Waals surface area (Å²) in [6, 6.07) is 12.5. The van der Waals surface area contributed by atoms with Crippen LogP contribution >= 0.6 is 11.3 Å². The molecule has 0 radical (unpaired) electrons. The topological polar surface area (TPSA) is 42.2 Å². The highest BCUT2D eigenvalue weighted by atomic mass is 32.1. The highest BCUT2D eigenvalue weighted by Gasteiger charge is 2.15. The van der Waals surface area contributed by atoms with E-state index >= 15 is 0 Å². The standard InChI is InChI=1S/C30H39FN2O2S/c1-3-4-5-6-7-8-9-10-11-12-20-35-29-24(15-14-18-27(29)31)23-28(34)32-26-17-13-16-25(22-26)30-33(2)19-21-36-30/h13-19,21-22H,3-12,20,23H2,1-2H3/p+1. The van der Waals surface area contributed by atoms with Crippen molar-refractivity contribution >= 4 is 22.9 Å². The van der Waals surface area contributed by atoms with E-state index in [9.17, 15) is 9.18 Å². The maximum Gasteiger partial charge on any atom is 0.268 e. The summed E-state index contributed by atoms with van der Waals surface area (Å²) in [6.45, 7) is 2.71. The lowest BCUT2D eigenvalue weighted by Crippen LogP contribution is -2.26. The monoisotopic (exact) mass is 511 g/mol. The Morgan fingerprint density at radius 3 is 2.36 bits per heavy atom. The number of hydrogen-bond donors (Lipinski definition) is 1. The van der Waals surface area contributed by atoms with Crippen molar-refractivity contribution < 1.29 is 18.5 Å². The summed E-state index contributed by atoms with van der Waals surface area (Å²) in [6.07, 6.45) is 14.4. The van der Waals surface area contributed by atoms with Crippen molar-refractivity contribution in [2.45, 2.75) is 77.6 Å². The number of ether oxygens (including phenoxy) is 1. The number of aryl methyl sites for hydroxylation is 1. The van der Waals surface area contributed by atoms with Crippen LogP contribution in [-0.4, -0.2) is 12.5 Å². The average molecular weight is 512 g/mol. The number of thiazole rings is 1. The van der Waals surface area contributed by atoms with Gasteiger partial charge in [0.2, 0.25) is 5.91 Å². The van der Waals surface area contributed by atoms with E-state index in [-0.39, 0.29) is 18.1 Å². The number of carbonyl (C=O) groups excluding carboxylic acids is 1. The third kappa shape index (κ3) is 9.05. The van der Waals surface area contributed by atoms with Gasteiger partial charge >= 0.3 is 0 Å². The lowest BCUT2D eigenvalue weighted by Gasteiger charge is -2.13. The molecule has 3 rings (SSSR count). The first-order valence-electron chi connectivity index (χ1n) is 13.3. The number of amides is 1. The Labute approximate surface area is 219 Å². The first-order valence-corrected chi connectivity index (χ1v) is 14.2. The van der Waals surface area contributed by atoms with Gasteiger partial charge in [0.05, 0.1) is 24.0 Å². The van der Waals surface area contributed by atoms with Crippen molar-refractivity contribution in [1.29, 1.82) is 0 Å². The van der Waals surface area contributed by atoms with Crippen LogP contribution in [0.1, 0.15) is 76.7 Å². The predicted molar refractivity (Wildman–Crippen MR) is 147 cm³/mol. The van der Waals surface area contributed by atoms with E-state index in [2.05, 4.69) is 16.8 Å². The van der Waals surface area contributed by atoms with E-state index < -0.39 is 5.82 Å².